The minimum absolute atomic E-state index is 0.0599. The first kappa shape index (κ1) is 16.5. The summed E-state index contributed by atoms with van der Waals surface area (Å²) in [4.78, 5) is 14.0. The van der Waals surface area contributed by atoms with Crippen LogP contribution in [-0.2, 0) is 14.6 Å². The van der Waals surface area contributed by atoms with Crippen LogP contribution in [0.25, 0.3) is 0 Å². The Morgan fingerprint density at radius 3 is 2.45 bits per heavy atom. The summed E-state index contributed by atoms with van der Waals surface area (Å²) in [7, 11) is -3.21. The fourth-order valence-electron chi connectivity index (χ4n) is 2.44. The molecular formula is C16H21NO4S. The molecular weight excluding hydrogens is 302 g/mol. The molecule has 22 heavy (non-hydrogen) atoms. The first-order valence-corrected chi connectivity index (χ1v) is 9.14. The Hall–Kier alpha value is -1.82. The molecule has 1 heterocycles. The topological polar surface area (TPSA) is 63.7 Å². The number of ether oxygens (including phenoxy) is 1. The number of carbonyl (C=O) groups excluding carboxylic acids is 1. The van der Waals surface area contributed by atoms with Crippen LogP contribution in [0.5, 0.6) is 5.75 Å². The summed E-state index contributed by atoms with van der Waals surface area (Å²) in [5.41, 5.74) is 0.689. The molecule has 120 valence electrons. The summed E-state index contributed by atoms with van der Waals surface area (Å²) in [5, 5.41) is 1.19. The summed E-state index contributed by atoms with van der Waals surface area (Å²) in [6, 6.07) is 6.72. The molecule has 0 saturated heterocycles. The van der Waals surface area contributed by atoms with Crippen LogP contribution in [0, 0.1) is 0 Å². The van der Waals surface area contributed by atoms with Crippen LogP contribution in [0.2, 0.25) is 0 Å². The van der Waals surface area contributed by atoms with Gasteiger partial charge in [-0.15, -0.1) is 0 Å². The number of rotatable bonds is 6. The van der Waals surface area contributed by atoms with Gasteiger partial charge in [0.05, 0.1) is 18.4 Å². The van der Waals surface area contributed by atoms with Crippen molar-refractivity contribution in [3.05, 3.63) is 35.7 Å². The predicted molar refractivity (Wildman–Crippen MR) is 86.7 cm³/mol. The lowest BCUT2D eigenvalue weighted by Crippen LogP contribution is -2.41. The van der Waals surface area contributed by atoms with Gasteiger partial charge in [-0.05, 0) is 43.7 Å². The number of anilines is 1. The molecule has 0 aliphatic carbocycles. The van der Waals surface area contributed by atoms with E-state index in [9.17, 15) is 13.2 Å². The lowest BCUT2D eigenvalue weighted by atomic mass is 10.1. The number of benzene rings is 1. The largest absolute Gasteiger partial charge is 0.494 e. The van der Waals surface area contributed by atoms with Crippen LogP contribution in [-0.4, -0.2) is 32.7 Å². The van der Waals surface area contributed by atoms with Crippen LogP contribution in [0.1, 0.15) is 26.7 Å². The smallest absolute Gasteiger partial charge is 0.227 e. The first-order valence-electron chi connectivity index (χ1n) is 7.42. The first-order chi connectivity index (χ1) is 10.5. The van der Waals surface area contributed by atoms with Gasteiger partial charge in [0.2, 0.25) is 5.91 Å². The molecule has 1 aromatic rings. The molecule has 0 fully saturated rings. The van der Waals surface area contributed by atoms with Gasteiger partial charge in [-0.1, -0.05) is 6.92 Å². The summed E-state index contributed by atoms with van der Waals surface area (Å²) in [6.45, 7) is 4.40. The minimum Gasteiger partial charge on any atom is -0.494 e. The average molecular weight is 323 g/mol. The normalized spacial score (nSPS) is 19.1. The van der Waals surface area contributed by atoms with Gasteiger partial charge in [0.25, 0.3) is 0 Å². The van der Waals surface area contributed by atoms with E-state index in [2.05, 4.69) is 0 Å². The maximum Gasteiger partial charge on any atom is 0.227 e. The van der Waals surface area contributed by atoms with Crippen molar-refractivity contribution in [1.82, 2.24) is 0 Å². The highest BCUT2D eigenvalue weighted by molar-refractivity contribution is 7.94. The number of nitrogens with zero attached hydrogens (tertiary/aromatic N) is 1. The zero-order chi connectivity index (χ0) is 16.2. The maximum atomic E-state index is 12.4. The quantitative estimate of drug-likeness (QED) is 0.807. The molecule has 6 heteroatoms. The van der Waals surface area contributed by atoms with Crippen molar-refractivity contribution in [2.45, 2.75) is 32.7 Å². The highest BCUT2D eigenvalue weighted by atomic mass is 32.2. The molecule has 0 N–H and O–H groups in total. The van der Waals surface area contributed by atoms with Gasteiger partial charge in [0.1, 0.15) is 5.75 Å². The second kappa shape index (κ2) is 6.96. The van der Waals surface area contributed by atoms with E-state index in [1.165, 1.54) is 5.41 Å². The fourth-order valence-corrected chi connectivity index (χ4v) is 3.71. The van der Waals surface area contributed by atoms with Gasteiger partial charge < -0.3 is 9.64 Å². The van der Waals surface area contributed by atoms with Gasteiger partial charge >= 0.3 is 0 Å². The zero-order valence-electron chi connectivity index (χ0n) is 12.9. The van der Waals surface area contributed by atoms with Crippen molar-refractivity contribution in [2.75, 3.05) is 17.3 Å². The molecule has 0 spiro atoms. The number of hydrogen-bond donors (Lipinski definition) is 0. The lowest BCUT2D eigenvalue weighted by Gasteiger charge is -2.27. The maximum absolute atomic E-state index is 12.4. The van der Waals surface area contributed by atoms with Crippen molar-refractivity contribution >= 4 is 21.4 Å². The zero-order valence-corrected chi connectivity index (χ0v) is 13.7. The van der Waals surface area contributed by atoms with E-state index < -0.39 is 15.9 Å². The summed E-state index contributed by atoms with van der Waals surface area (Å²) < 4.78 is 28.7. The van der Waals surface area contributed by atoms with E-state index >= 15 is 0 Å². The third-order valence-electron chi connectivity index (χ3n) is 3.40. The summed E-state index contributed by atoms with van der Waals surface area (Å²) in [5.74, 6) is 0.595. The number of hydrogen-bond acceptors (Lipinski definition) is 4. The Labute approximate surface area is 131 Å². The lowest BCUT2D eigenvalue weighted by molar-refractivity contribution is -0.118. The number of amides is 1. The summed E-state index contributed by atoms with van der Waals surface area (Å²) in [6.07, 6.45) is 2.69. The molecule has 0 radical (unpaired) electrons. The fraction of sp³-hybridized carbons (Fsp3) is 0.438. The molecule has 1 aliphatic heterocycles. The van der Waals surface area contributed by atoms with Crippen molar-refractivity contribution in [3.63, 3.8) is 0 Å². The highest BCUT2D eigenvalue weighted by Crippen LogP contribution is 2.26. The van der Waals surface area contributed by atoms with Crippen molar-refractivity contribution in [3.8, 4) is 5.75 Å². The van der Waals surface area contributed by atoms with Gasteiger partial charge in [0.15, 0.2) is 9.84 Å². The SMILES string of the molecule is CCCC(=O)N(c1ccc(OCC)cc1)[C@H]1C=CS(=O)(=O)C1. The van der Waals surface area contributed by atoms with E-state index in [0.29, 0.717) is 18.7 Å². The van der Waals surface area contributed by atoms with E-state index in [0.717, 1.165) is 12.2 Å². The number of carbonyl (C=O) groups is 1. The van der Waals surface area contributed by atoms with E-state index in [1.54, 1.807) is 35.2 Å². The Morgan fingerprint density at radius 1 is 1.27 bits per heavy atom. The van der Waals surface area contributed by atoms with Gasteiger partial charge in [-0.25, -0.2) is 8.42 Å². The van der Waals surface area contributed by atoms with Crippen molar-refractivity contribution in [2.24, 2.45) is 0 Å². The Kier molecular flexibility index (Phi) is 5.24. The summed E-state index contributed by atoms with van der Waals surface area (Å²) >= 11 is 0. The van der Waals surface area contributed by atoms with Gasteiger partial charge in [-0.3, -0.25) is 4.79 Å². The van der Waals surface area contributed by atoms with Crippen LogP contribution in [0.4, 0.5) is 5.69 Å². The van der Waals surface area contributed by atoms with E-state index in [4.69, 9.17) is 4.74 Å². The van der Waals surface area contributed by atoms with Crippen LogP contribution < -0.4 is 9.64 Å². The van der Waals surface area contributed by atoms with Gasteiger partial charge in [-0.2, -0.15) is 0 Å². The standard InChI is InChI=1S/C16H21NO4S/c1-3-5-16(18)17(14-10-11-22(19,20)12-14)13-6-8-15(9-7-13)21-4-2/h6-11,14H,3-5,12H2,1-2H3/t14-/m0/s1. The second-order valence-corrected chi connectivity index (χ2v) is 7.10. The van der Waals surface area contributed by atoms with Crippen LogP contribution in [0.3, 0.4) is 0 Å². The monoisotopic (exact) mass is 323 g/mol. The molecule has 1 aliphatic rings. The molecule has 1 atom stereocenters. The molecule has 1 aromatic carbocycles. The Balaban J connectivity index is 2.28. The van der Waals surface area contributed by atoms with Crippen molar-refractivity contribution < 1.29 is 17.9 Å². The van der Waals surface area contributed by atoms with Gasteiger partial charge in [0, 0.05) is 17.5 Å². The third kappa shape index (κ3) is 3.88. The molecule has 1 amide bonds. The molecule has 5 nitrogen and oxygen atoms in total. The molecule has 0 aromatic heterocycles. The van der Waals surface area contributed by atoms with E-state index in [1.807, 2.05) is 13.8 Å². The number of sulfone groups is 1. The molecule has 2 rings (SSSR count). The molecule has 0 saturated carbocycles. The van der Waals surface area contributed by atoms with E-state index in [-0.39, 0.29) is 11.7 Å². The van der Waals surface area contributed by atoms with Crippen LogP contribution in [0.15, 0.2) is 35.7 Å². The van der Waals surface area contributed by atoms with Crippen molar-refractivity contribution in [1.29, 1.82) is 0 Å². The average Bonchev–Trinajstić information content (AvgIpc) is 2.82. The molecule has 0 bridgehead atoms. The Bertz CT molecular complexity index is 649. The van der Waals surface area contributed by atoms with Crippen LogP contribution >= 0.6 is 0 Å². The predicted octanol–water partition coefficient (Wildman–Crippen LogP) is 2.53. The third-order valence-corrected chi connectivity index (χ3v) is 4.78. The highest BCUT2D eigenvalue weighted by Gasteiger charge is 2.30. The second-order valence-electron chi connectivity index (χ2n) is 5.17. The Morgan fingerprint density at radius 2 is 1.95 bits per heavy atom. The molecule has 0 unspecified atom stereocenters. The minimum atomic E-state index is -3.21.